The first-order valence-electron chi connectivity index (χ1n) is 6.42. The first-order chi connectivity index (χ1) is 10.2. The lowest BCUT2D eigenvalue weighted by atomic mass is 10.4. The number of aliphatic hydroxyl groups is 2. The molecule has 2 heterocycles. The van der Waals surface area contributed by atoms with Crippen molar-refractivity contribution >= 4 is 45.2 Å². The zero-order valence-corrected chi connectivity index (χ0v) is 13.7. The van der Waals surface area contributed by atoms with Crippen LogP contribution in [-0.2, 0) is 4.74 Å². The molecule has 8 heteroatoms. The molecule has 21 heavy (non-hydrogen) atoms. The summed E-state index contributed by atoms with van der Waals surface area (Å²) >= 11 is 8.63. The molecule has 0 aliphatic rings. The molecular formula is C13H16BrNO5S. The van der Waals surface area contributed by atoms with Gasteiger partial charge in [0.05, 0.1) is 35.4 Å². The molecule has 0 saturated carbocycles. The van der Waals surface area contributed by atoms with Crippen molar-refractivity contribution in [3.8, 4) is 0 Å². The Morgan fingerprint density at radius 3 is 2.71 bits per heavy atom. The van der Waals surface area contributed by atoms with Crippen molar-refractivity contribution in [1.82, 2.24) is 0 Å². The van der Waals surface area contributed by atoms with E-state index in [1.165, 1.54) is 6.26 Å². The Balaban J connectivity index is 2.22. The molecule has 0 amide bonds. The Morgan fingerprint density at radius 2 is 2.00 bits per heavy atom. The number of nitrogens with zero attached hydrogens (tertiary/aromatic N) is 1. The van der Waals surface area contributed by atoms with E-state index in [1.807, 2.05) is 4.90 Å². The summed E-state index contributed by atoms with van der Waals surface area (Å²) in [6.07, 6.45) is 1.52. The van der Waals surface area contributed by atoms with E-state index in [0.717, 1.165) is 0 Å². The van der Waals surface area contributed by atoms with Gasteiger partial charge in [-0.1, -0.05) is 12.2 Å². The summed E-state index contributed by atoms with van der Waals surface area (Å²) in [5.41, 5.74) is 1.05. The van der Waals surface area contributed by atoms with Gasteiger partial charge in [0.2, 0.25) is 0 Å². The molecule has 6 nitrogen and oxygen atoms in total. The van der Waals surface area contributed by atoms with Crippen LogP contribution >= 0.6 is 28.1 Å². The molecule has 0 spiro atoms. The number of fused-ring (bicyclic) bond motifs is 1. The normalized spacial score (nSPS) is 11.2. The first kappa shape index (κ1) is 16.4. The van der Waals surface area contributed by atoms with E-state index in [9.17, 15) is 5.11 Å². The molecule has 0 aliphatic heterocycles. The lowest BCUT2D eigenvalue weighted by molar-refractivity contribution is 0.0959. The molecule has 2 aromatic rings. The van der Waals surface area contributed by atoms with Gasteiger partial charge >= 0.3 is 0 Å². The Bertz CT molecular complexity index is 641. The summed E-state index contributed by atoms with van der Waals surface area (Å²) < 4.78 is 17.6. The number of hydrogen-bond donors (Lipinski definition) is 2. The van der Waals surface area contributed by atoms with Crippen LogP contribution < -0.4 is 4.90 Å². The second-order valence-corrected chi connectivity index (χ2v) is 5.53. The van der Waals surface area contributed by atoms with Crippen LogP contribution in [0.4, 0.5) is 5.88 Å². The third kappa shape index (κ3) is 4.04. The Hall–Kier alpha value is -0.930. The van der Waals surface area contributed by atoms with Gasteiger partial charge in [-0.15, -0.1) is 0 Å². The highest BCUT2D eigenvalue weighted by Crippen LogP contribution is 2.31. The van der Waals surface area contributed by atoms with Crippen molar-refractivity contribution in [3.05, 3.63) is 21.3 Å². The van der Waals surface area contributed by atoms with Gasteiger partial charge in [-0.05, 0) is 15.9 Å². The third-order valence-corrected chi connectivity index (χ3v) is 3.66. The molecule has 0 fully saturated rings. The van der Waals surface area contributed by atoms with E-state index < -0.39 is 0 Å². The molecule has 116 valence electrons. The fraction of sp³-hybridized carbons (Fsp3) is 0.462. The molecule has 0 saturated heterocycles. The minimum Gasteiger partial charge on any atom is -0.458 e. The molecule has 0 aromatic carbocycles. The maximum Gasteiger partial charge on any atom is 0.198 e. The van der Waals surface area contributed by atoms with Crippen LogP contribution in [0.25, 0.3) is 11.2 Å². The zero-order chi connectivity index (χ0) is 15.2. The standard InChI is InChI=1S/C13H16BrNO5S/c14-9-8-19-13-10(21)7-11(20-12(9)13)15(1-3-16)2-5-18-6-4-17/h7-8,16-17H,1-6H2. The molecule has 0 unspecified atom stereocenters. The molecule has 0 atom stereocenters. The van der Waals surface area contributed by atoms with E-state index in [0.29, 0.717) is 45.7 Å². The smallest absolute Gasteiger partial charge is 0.198 e. The second-order valence-electron chi connectivity index (χ2n) is 4.24. The van der Waals surface area contributed by atoms with Crippen LogP contribution in [0.2, 0.25) is 0 Å². The molecule has 2 N–H and O–H groups in total. The van der Waals surface area contributed by atoms with Crippen LogP contribution in [0, 0.1) is 4.51 Å². The van der Waals surface area contributed by atoms with Crippen LogP contribution in [-0.4, -0.2) is 49.7 Å². The fourth-order valence-electron chi connectivity index (χ4n) is 1.85. The quantitative estimate of drug-likeness (QED) is 0.539. The van der Waals surface area contributed by atoms with E-state index >= 15 is 0 Å². The number of ether oxygens (including phenoxy) is 1. The molecule has 2 aromatic heterocycles. The summed E-state index contributed by atoms with van der Waals surface area (Å²) in [7, 11) is 0. The van der Waals surface area contributed by atoms with Gasteiger partial charge in [0.25, 0.3) is 0 Å². The highest BCUT2D eigenvalue weighted by Gasteiger charge is 2.14. The minimum atomic E-state index is -0.0210. The largest absolute Gasteiger partial charge is 0.458 e. The molecule has 2 rings (SSSR count). The third-order valence-electron chi connectivity index (χ3n) is 2.81. The topological polar surface area (TPSA) is 79.2 Å². The number of halogens is 1. The number of hydrogen-bond acceptors (Lipinski definition) is 7. The van der Waals surface area contributed by atoms with Gasteiger partial charge in [-0.3, -0.25) is 0 Å². The van der Waals surface area contributed by atoms with Crippen molar-refractivity contribution in [2.24, 2.45) is 0 Å². The van der Waals surface area contributed by atoms with Crippen molar-refractivity contribution in [3.63, 3.8) is 0 Å². The summed E-state index contributed by atoms with van der Waals surface area (Å²) in [6.45, 7) is 1.55. The molecular weight excluding hydrogens is 362 g/mol. The minimum absolute atomic E-state index is 0.0192. The first-order valence-corrected chi connectivity index (χ1v) is 7.62. The Labute approximate surface area is 135 Å². The zero-order valence-electron chi connectivity index (χ0n) is 11.2. The predicted octanol–water partition coefficient (Wildman–Crippen LogP) is 2.33. The average Bonchev–Trinajstić information content (AvgIpc) is 2.84. The molecule has 0 aliphatic carbocycles. The van der Waals surface area contributed by atoms with Crippen LogP contribution in [0.15, 0.2) is 25.6 Å². The fourth-order valence-corrected chi connectivity index (χ4v) is 2.45. The highest BCUT2D eigenvalue weighted by atomic mass is 79.9. The van der Waals surface area contributed by atoms with Crippen molar-refractivity contribution in [2.75, 3.05) is 44.4 Å². The number of rotatable bonds is 8. The van der Waals surface area contributed by atoms with E-state index in [2.05, 4.69) is 15.9 Å². The van der Waals surface area contributed by atoms with E-state index in [4.69, 9.17) is 30.9 Å². The van der Waals surface area contributed by atoms with Gasteiger partial charge in [0, 0.05) is 19.2 Å². The number of furan rings is 1. The van der Waals surface area contributed by atoms with Gasteiger partial charge in [0.15, 0.2) is 17.1 Å². The van der Waals surface area contributed by atoms with Crippen molar-refractivity contribution in [1.29, 1.82) is 0 Å². The maximum absolute atomic E-state index is 9.18. The summed E-state index contributed by atoms with van der Waals surface area (Å²) in [5.74, 6) is 0.538. The van der Waals surface area contributed by atoms with Gasteiger partial charge in [0.1, 0.15) is 6.26 Å². The average molecular weight is 378 g/mol. The Kier molecular flexibility index (Phi) is 6.19. The van der Waals surface area contributed by atoms with Gasteiger partial charge in [-0.2, -0.15) is 0 Å². The molecule has 0 radical (unpaired) electrons. The predicted molar refractivity (Wildman–Crippen MR) is 84.2 cm³/mol. The van der Waals surface area contributed by atoms with Crippen LogP contribution in [0.5, 0.6) is 0 Å². The monoisotopic (exact) mass is 377 g/mol. The SMILES string of the molecule is OCCOCCN(CCO)c1cc(=S)c2occ(Br)c2o1. The van der Waals surface area contributed by atoms with Crippen molar-refractivity contribution < 1.29 is 23.8 Å². The Morgan fingerprint density at radius 1 is 1.19 bits per heavy atom. The highest BCUT2D eigenvalue weighted by molar-refractivity contribution is 9.10. The summed E-state index contributed by atoms with van der Waals surface area (Å²) in [6, 6.07) is 1.69. The second kappa shape index (κ2) is 7.90. The maximum atomic E-state index is 9.18. The number of anilines is 1. The van der Waals surface area contributed by atoms with E-state index in [-0.39, 0.29) is 19.8 Å². The summed E-state index contributed by atoms with van der Waals surface area (Å²) in [5, 5.41) is 17.9. The molecule has 0 bridgehead atoms. The lowest BCUT2D eigenvalue weighted by Gasteiger charge is -2.22. The lowest BCUT2D eigenvalue weighted by Crippen LogP contribution is -2.30. The van der Waals surface area contributed by atoms with Gasteiger partial charge < -0.3 is 28.7 Å². The van der Waals surface area contributed by atoms with Crippen LogP contribution in [0.1, 0.15) is 0 Å². The van der Waals surface area contributed by atoms with Crippen molar-refractivity contribution in [2.45, 2.75) is 0 Å². The summed E-state index contributed by atoms with van der Waals surface area (Å²) in [4.78, 5) is 1.83. The van der Waals surface area contributed by atoms with Crippen LogP contribution in [0.3, 0.4) is 0 Å². The van der Waals surface area contributed by atoms with Gasteiger partial charge in [-0.25, -0.2) is 0 Å². The van der Waals surface area contributed by atoms with E-state index in [1.54, 1.807) is 6.07 Å². The number of aliphatic hydroxyl groups excluding tert-OH is 2.